The molecule has 1 amide bonds. The number of ether oxygens (including phenoxy) is 1. The van der Waals surface area contributed by atoms with Crippen LogP contribution in [0, 0.1) is 0 Å². The Labute approximate surface area is 130 Å². The van der Waals surface area contributed by atoms with Crippen molar-refractivity contribution in [2.75, 3.05) is 13.1 Å². The van der Waals surface area contributed by atoms with Gasteiger partial charge in [-0.25, -0.2) is 4.79 Å². The zero-order valence-corrected chi connectivity index (χ0v) is 13.1. The maximum absolute atomic E-state index is 12.3. The Balaban J connectivity index is 1.89. The van der Waals surface area contributed by atoms with Crippen LogP contribution in [0.25, 0.3) is 0 Å². The fraction of sp³-hybridized carbons (Fsp3) is 0.529. The summed E-state index contributed by atoms with van der Waals surface area (Å²) in [5.41, 5.74) is 2.41. The summed E-state index contributed by atoms with van der Waals surface area (Å²) in [6.45, 7) is 4.49. The number of hydrogen-bond donors (Lipinski definition) is 1. The molecule has 1 unspecified atom stereocenters. The molecule has 2 rings (SSSR count). The number of morpholine rings is 1. The zero-order valence-electron chi connectivity index (χ0n) is 13.1. The number of amides is 1. The standard InChI is InChI=1S/C17H23NO4/c1-3-13-4-6-14(7-5-13)8-9-16(19)18-10-12(2)22-15(11-18)17(20)21/h4-7,12,15H,3,8-11H2,1-2H3,(H,20,21)/t12-,15?/m1/s1. The van der Waals surface area contributed by atoms with Crippen molar-refractivity contribution in [2.45, 2.75) is 45.3 Å². The number of benzene rings is 1. The van der Waals surface area contributed by atoms with Crippen LogP contribution < -0.4 is 0 Å². The van der Waals surface area contributed by atoms with Crippen LogP contribution in [-0.4, -0.2) is 47.2 Å². The van der Waals surface area contributed by atoms with E-state index in [-0.39, 0.29) is 18.6 Å². The zero-order chi connectivity index (χ0) is 16.1. The first-order valence-electron chi connectivity index (χ1n) is 7.73. The predicted molar refractivity (Wildman–Crippen MR) is 82.7 cm³/mol. The Hall–Kier alpha value is -1.88. The third-order valence-electron chi connectivity index (χ3n) is 3.95. The van der Waals surface area contributed by atoms with Crippen LogP contribution in [0.2, 0.25) is 0 Å². The van der Waals surface area contributed by atoms with E-state index in [2.05, 4.69) is 19.1 Å². The lowest BCUT2D eigenvalue weighted by Crippen LogP contribution is -2.51. The van der Waals surface area contributed by atoms with Crippen molar-refractivity contribution in [2.24, 2.45) is 0 Å². The first-order valence-corrected chi connectivity index (χ1v) is 7.73. The largest absolute Gasteiger partial charge is 0.479 e. The van der Waals surface area contributed by atoms with Gasteiger partial charge in [0.2, 0.25) is 5.91 Å². The maximum Gasteiger partial charge on any atom is 0.334 e. The number of carbonyl (C=O) groups excluding carboxylic acids is 1. The van der Waals surface area contributed by atoms with Gasteiger partial charge in [-0.1, -0.05) is 31.2 Å². The van der Waals surface area contributed by atoms with Crippen LogP contribution in [0.4, 0.5) is 0 Å². The SMILES string of the molecule is CCc1ccc(CCC(=O)N2CC(C(=O)O)O[C@H](C)C2)cc1. The van der Waals surface area contributed by atoms with Crippen LogP contribution in [-0.2, 0) is 27.2 Å². The van der Waals surface area contributed by atoms with Crippen LogP contribution in [0.15, 0.2) is 24.3 Å². The number of aryl methyl sites for hydroxylation is 2. The number of carboxylic acid groups (broad SMARTS) is 1. The molecule has 0 spiro atoms. The van der Waals surface area contributed by atoms with E-state index >= 15 is 0 Å². The van der Waals surface area contributed by atoms with Crippen LogP contribution >= 0.6 is 0 Å². The van der Waals surface area contributed by atoms with Crippen LogP contribution in [0.1, 0.15) is 31.4 Å². The van der Waals surface area contributed by atoms with Crippen molar-refractivity contribution in [3.63, 3.8) is 0 Å². The highest BCUT2D eigenvalue weighted by atomic mass is 16.5. The highest BCUT2D eigenvalue weighted by molar-refractivity contribution is 5.79. The minimum absolute atomic E-state index is 0.0130. The first-order chi connectivity index (χ1) is 10.5. The van der Waals surface area contributed by atoms with E-state index in [9.17, 15) is 9.59 Å². The molecule has 0 saturated carbocycles. The van der Waals surface area contributed by atoms with Crippen molar-refractivity contribution in [3.8, 4) is 0 Å². The summed E-state index contributed by atoms with van der Waals surface area (Å²) in [4.78, 5) is 24.9. The van der Waals surface area contributed by atoms with Gasteiger partial charge >= 0.3 is 5.97 Å². The van der Waals surface area contributed by atoms with E-state index < -0.39 is 12.1 Å². The highest BCUT2D eigenvalue weighted by Gasteiger charge is 2.32. The molecule has 1 aromatic rings. The Bertz CT molecular complexity index is 526. The fourth-order valence-electron chi connectivity index (χ4n) is 2.64. The summed E-state index contributed by atoms with van der Waals surface area (Å²) < 4.78 is 5.32. The minimum Gasteiger partial charge on any atom is -0.479 e. The van der Waals surface area contributed by atoms with E-state index in [0.717, 1.165) is 12.0 Å². The number of carbonyl (C=O) groups is 2. The van der Waals surface area contributed by atoms with Crippen molar-refractivity contribution >= 4 is 11.9 Å². The number of carboxylic acids is 1. The lowest BCUT2D eigenvalue weighted by Gasteiger charge is -2.35. The summed E-state index contributed by atoms with van der Waals surface area (Å²) in [6.07, 6.45) is 0.900. The van der Waals surface area contributed by atoms with Crippen molar-refractivity contribution in [3.05, 3.63) is 35.4 Å². The fourth-order valence-corrected chi connectivity index (χ4v) is 2.64. The van der Waals surface area contributed by atoms with Gasteiger partial charge in [0.15, 0.2) is 6.10 Å². The minimum atomic E-state index is -1.01. The lowest BCUT2D eigenvalue weighted by atomic mass is 10.1. The molecule has 1 aliphatic heterocycles. The van der Waals surface area contributed by atoms with Gasteiger partial charge in [0.05, 0.1) is 12.6 Å². The maximum atomic E-state index is 12.3. The molecule has 0 bridgehead atoms. The molecule has 5 heteroatoms. The lowest BCUT2D eigenvalue weighted by molar-refractivity contribution is -0.166. The number of rotatable bonds is 5. The molecule has 1 fully saturated rings. The molecule has 22 heavy (non-hydrogen) atoms. The first kappa shape index (κ1) is 16.5. The molecule has 120 valence electrons. The molecule has 0 radical (unpaired) electrons. The molecular formula is C17H23NO4. The summed E-state index contributed by atoms with van der Waals surface area (Å²) >= 11 is 0. The number of aliphatic carboxylic acids is 1. The van der Waals surface area contributed by atoms with E-state index in [4.69, 9.17) is 9.84 Å². The van der Waals surface area contributed by atoms with Crippen molar-refractivity contribution < 1.29 is 19.4 Å². The molecule has 0 aromatic heterocycles. The van der Waals surface area contributed by atoms with Gasteiger partial charge in [0.25, 0.3) is 0 Å². The molecule has 1 N–H and O–H groups in total. The van der Waals surface area contributed by atoms with Crippen LogP contribution in [0.5, 0.6) is 0 Å². The van der Waals surface area contributed by atoms with Gasteiger partial charge in [-0.05, 0) is 30.9 Å². The quantitative estimate of drug-likeness (QED) is 0.902. The smallest absolute Gasteiger partial charge is 0.334 e. The summed E-state index contributed by atoms with van der Waals surface area (Å²) in [6, 6.07) is 8.26. The molecule has 2 atom stereocenters. The average Bonchev–Trinajstić information content (AvgIpc) is 2.52. The normalized spacial score (nSPS) is 21.6. The third-order valence-corrected chi connectivity index (χ3v) is 3.95. The summed E-state index contributed by atoms with van der Waals surface area (Å²) in [7, 11) is 0. The van der Waals surface area contributed by atoms with E-state index in [1.165, 1.54) is 5.56 Å². The second-order valence-corrected chi connectivity index (χ2v) is 5.74. The van der Waals surface area contributed by atoms with Gasteiger partial charge in [-0.15, -0.1) is 0 Å². The highest BCUT2D eigenvalue weighted by Crippen LogP contribution is 2.14. The van der Waals surface area contributed by atoms with Crippen LogP contribution in [0.3, 0.4) is 0 Å². The topological polar surface area (TPSA) is 66.8 Å². The van der Waals surface area contributed by atoms with Gasteiger partial charge in [0.1, 0.15) is 0 Å². The Kier molecular flexibility index (Phi) is 5.55. The average molecular weight is 305 g/mol. The summed E-state index contributed by atoms with van der Waals surface area (Å²) in [5, 5.41) is 9.05. The predicted octanol–water partition coefficient (Wildman–Crippen LogP) is 1.88. The van der Waals surface area contributed by atoms with Gasteiger partial charge in [-0.3, -0.25) is 4.79 Å². The van der Waals surface area contributed by atoms with E-state index in [1.807, 2.05) is 12.1 Å². The third kappa shape index (κ3) is 4.31. The molecule has 1 saturated heterocycles. The number of hydrogen-bond acceptors (Lipinski definition) is 3. The van der Waals surface area contributed by atoms with E-state index in [0.29, 0.717) is 19.4 Å². The Morgan fingerprint density at radius 1 is 1.23 bits per heavy atom. The van der Waals surface area contributed by atoms with Gasteiger partial charge in [-0.2, -0.15) is 0 Å². The van der Waals surface area contributed by atoms with Gasteiger partial charge < -0.3 is 14.7 Å². The number of nitrogens with zero attached hydrogens (tertiary/aromatic N) is 1. The molecule has 1 heterocycles. The summed E-state index contributed by atoms with van der Waals surface area (Å²) in [5.74, 6) is -1.03. The van der Waals surface area contributed by atoms with Crippen molar-refractivity contribution in [1.29, 1.82) is 0 Å². The second kappa shape index (κ2) is 7.40. The van der Waals surface area contributed by atoms with Gasteiger partial charge in [0, 0.05) is 13.0 Å². The Morgan fingerprint density at radius 2 is 1.86 bits per heavy atom. The van der Waals surface area contributed by atoms with Crippen molar-refractivity contribution in [1.82, 2.24) is 4.90 Å². The molecular weight excluding hydrogens is 282 g/mol. The Morgan fingerprint density at radius 3 is 2.45 bits per heavy atom. The monoisotopic (exact) mass is 305 g/mol. The molecule has 0 aliphatic carbocycles. The molecule has 5 nitrogen and oxygen atoms in total. The second-order valence-electron chi connectivity index (χ2n) is 5.74. The molecule has 1 aromatic carbocycles. The molecule has 1 aliphatic rings. The van der Waals surface area contributed by atoms with E-state index in [1.54, 1.807) is 11.8 Å².